The highest BCUT2D eigenvalue weighted by Crippen LogP contribution is 2.17. The Morgan fingerprint density at radius 2 is 2.00 bits per heavy atom. The normalized spacial score (nSPS) is 9.95. The van der Waals surface area contributed by atoms with E-state index in [-0.39, 0.29) is 22.7 Å². The highest BCUT2D eigenvalue weighted by Gasteiger charge is 2.13. The van der Waals surface area contributed by atoms with Crippen molar-refractivity contribution in [2.24, 2.45) is 0 Å². The van der Waals surface area contributed by atoms with E-state index in [4.69, 9.17) is 9.84 Å². The van der Waals surface area contributed by atoms with E-state index in [0.717, 1.165) is 11.8 Å². The van der Waals surface area contributed by atoms with Crippen molar-refractivity contribution in [1.82, 2.24) is 9.97 Å². The quantitative estimate of drug-likeness (QED) is 0.877. The van der Waals surface area contributed by atoms with Gasteiger partial charge in [-0.3, -0.25) is 5.32 Å². The number of carbonyl (C=O) groups is 2. The summed E-state index contributed by atoms with van der Waals surface area (Å²) in [6.07, 6.45) is 0.323. The first kappa shape index (κ1) is 14.9. The molecule has 0 atom stereocenters. The molecule has 1 aromatic carbocycles. The lowest BCUT2D eigenvalue weighted by Crippen LogP contribution is -2.16. The number of nitrogens with one attached hydrogen (secondary N) is 1. The van der Waals surface area contributed by atoms with Crippen molar-refractivity contribution in [2.75, 3.05) is 5.32 Å². The van der Waals surface area contributed by atoms with E-state index in [2.05, 4.69) is 31.2 Å². The van der Waals surface area contributed by atoms with Gasteiger partial charge in [-0.15, -0.1) is 0 Å². The van der Waals surface area contributed by atoms with Crippen LogP contribution in [0.4, 0.5) is 10.6 Å². The highest BCUT2D eigenvalue weighted by atomic mass is 79.9. The van der Waals surface area contributed by atoms with E-state index in [0.29, 0.717) is 0 Å². The largest absolute Gasteiger partial charge is 0.476 e. The summed E-state index contributed by atoms with van der Waals surface area (Å²) in [6.45, 7) is 0.0936. The van der Waals surface area contributed by atoms with Crippen molar-refractivity contribution in [1.29, 1.82) is 0 Å². The Morgan fingerprint density at radius 1 is 1.29 bits per heavy atom. The van der Waals surface area contributed by atoms with Crippen LogP contribution in [0, 0.1) is 0 Å². The summed E-state index contributed by atoms with van der Waals surface area (Å²) >= 11 is 3.07. The van der Waals surface area contributed by atoms with Crippen molar-refractivity contribution < 1.29 is 19.4 Å². The molecule has 0 saturated carbocycles. The van der Waals surface area contributed by atoms with Gasteiger partial charge in [0.25, 0.3) is 0 Å². The van der Waals surface area contributed by atoms with Gasteiger partial charge < -0.3 is 9.84 Å². The van der Waals surface area contributed by atoms with Gasteiger partial charge >= 0.3 is 12.1 Å². The molecule has 0 aliphatic carbocycles. The lowest BCUT2D eigenvalue weighted by molar-refractivity contribution is 0.0690. The molecule has 0 spiro atoms. The topological polar surface area (TPSA) is 101 Å². The summed E-state index contributed by atoms with van der Waals surface area (Å²) < 4.78 is 5.21. The molecule has 2 N–H and O–H groups in total. The molecule has 1 heterocycles. The third-order valence-electron chi connectivity index (χ3n) is 2.38. The lowest BCUT2D eigenvalue weighted by Gasteiger charge is -2.08. The number of ether oxygens (including phenoxy) is 1. The number of aromatic carboxylic acids is 1. The number of carbonyl (C=O) groups excluding carboxylic acids is 1. The number of carboxylic acids is 1. The van der Waals surface area contributed by atoms with Gasteiger partial charge in [-0.05, 0) is 21.5 Å². The van der Waals surface area contributed by atoms with Gasteiger partial charge in [-0.1, -0.05) is 30.3 Å². The van der Waals surface area contributed by atoms with E-state index < -0.39 is 12.1 Å². The summed E-state index contributed by atoms with van der Waals surface area (Å²) in [5.74, 6) is -1.26. The van der Waals surface area contributed by atoms with Gasteiger partial charge in [0.15, 0.2) is 11.5 Å². The molecule has 0 unspecified atom stereocenters. The zero-order valence-corrected chi connectivity index (χ0v) is 12.2. The molecule has 0 radical (unpaired) electrons. The Hall–Kier alpha value is -2.48. The first-order chi connectivity index (χ1) is 10.1. The van der Waals surface area contributed by atoms with E-state index in [1.54, 1.807) is 0 Å². The Labute approximate surface area is 128 Å². The molecule has 21 heavy (non-hydrogen) atoms. The van der Waals surface area contributed by atoms with Crippen LogP contribution in [0.15, 0.2) is 41.1 Å². The molecule has 8 heteroatoms. The fraction of sp³-hybridized carbons (Fsp3) is 0.0769. The number of amides is 1. The zero-order chi connectivity index (χ0) is 15.2. The highest BCUT2D eigenvalue weighted by molar-refractivity contribution is 9.10. The number of hydrogen-bond acceptors (Lipinski definition) is 5. The van der Waals surface area contributed by atoms with Crippen LogP contribution in [-0.4, -0.2) is 27.1 Å². The molecule has 108 valence electrons. The molecule has 0 bridgehead atoms. The average molecular weight is 352 g/mol. The summed E-state index contributed by atoms with van der Waals surface area (Å²) in [5, 5.41) is 11.2. The van der Waals surface area contributed by atoms with Crippen LogP contribution in [0.5, 0.6) is 0 Å². The molecule has 1 aromatic heterocycles. The predicted octanol–water partition coefficient (Wildman–Crippen LogP) is 2.69. The van der Waals surface area contributed by atoms with Gasteiger partial charge in [-0.25, -0.2) is 19.6 Å². The zero-order valence-electron chi connectivity index (χ0n) is 10.6. The fourth-order valence-electron chi connectivity index (χ4n) is 1.41. The number of aromatic nitrogens is 2. The number of rotatable bonds is 4. The summed E-state index contributed by atoms with van der Waals surface area (Å²) in [5.41, 5.74) is 0.550. The molecule has 0 fully saturated rings. The van der Waals surface area contributed by atoms with Crippen molar-refractivity contribution in [2.45, 2.75) is 6.61 Å². The average Bonchev–Trinajstić information content (AvgIpc) is 2.48. The van der Waals surface area contributed by atoms with Crippen molar-refractivity contribution >= 4 is 33.8 Å². The number of hydrogen-bond donors (Lipinski definition) is 2. The Bertz CT molecular complexity index is 664. The smallest absolute Gasteiger partial charge is 0.413 e. The van der Waals surface area contributed by atoms with Crippen LogP contribution < -0.4 is 5.32 Å². The first-order valence-electron chi connectivity index (χ1n) is 5.80. The van der Waals surface area contributed by atoms with E-state index >= 15 is 0 Å². The number of anilines is 1. The maximum atomic E-state index is 11.6. The second-order valence-electron chi connectivity index (χ2n) is 3.89. The van der Waals surface area contributed by atoms with Gasteiger partial charge in [0.1, 0.15) is 11.2 Å². The number of nitrogens with zero attached hydrogens (tertiary/aromatic N) is 2. The van der Waals surface area contributed by atoms with E-state index in [9.17, 15) is 9.59 Å². The summed E-state index contributed by atoms with van der Waals surface area (Å²) in [7, 11) is 0. The predicted molar refractivity (Wildman–Crippen MR) is 76.9 cm³/mol. The SMILES string of the molecule is O=C(Nc1nc(C(=O)O)cnc1Br)OCc1ccccc1. The Morgan fingerprint density at radius 3 is 2.67 bits per heavy atom. The molecule has 1 amide bonds. The minimum Gasteiger partial charge on any atom is -0.476 e. The summed E-state index contributed by atoms with van der Waals surface area (Å²) in [4.78, 5) is 30.0. The van der Waals surface area contributed by atoms with Gasteiger partial charge in [0.2, 0.25) is 0 Å². The molecule has 0 aliphatic rings. The van der Waals surface area contributed by atoms with Crippen LogP contribution in [0.1, 0.15) is 16.1 Å². The standard InChI is InChI=1S/C13H10BrN3O4/c14-10-11(16-9(6-15-10)12(18)19)17-13(20)21-7-8-4-2-1-3-5-8/h1-6H,7H2,(H,18,19)(H,16,17,20). The second kappa shape index (κ2) is 6.80. The van der Waals surface area contributed by atoms with Gasteiger partial charge in [-0.2, -0.15) is 0 Å². The van der Waals surface area contributed by atoms with Crippen molar-refractivity contribution in [3.8, 4) is 0 Å². The second-order valence-corrected chi connectivity index (χ2v) is 4.64. The van der Waals surface area contributed by atoms with Crippen molar-refractivity contribution in [3.63, 3.8) is 0 Å². The van der Waals surface area contributed by atoms with E-state index in [1.807, 2.05) is 30.3 Å². The molecule has 0 aliphatic heterocycles. The number of halogens is 1. The van der Waals surface area contributed by atoms with Crippen LogP contribution >= 0.6 is 15.9 Å². The first-order valence-corrected chi connectivity index (χ1v) is 6.59. The molecule has 7 nitrogen and oxygen atoms in total. The maximum Gasteiger partial charge on any atom is 0.413 e. The molecule has 2 rings (SSSR count). The van der Waals surface area contributed by atoms with Crippen LogP contribution in [0.2, 0.25) is 0 Å². The van der Waals surface area contributed by atoms with Crippen LogP contribution in [0.25, 0.3) is 0 Å². The minimum absolute atomic E-state index is 0.0204. The van der Waals surface area contributed by atoms with Gasteiger partial charge in [0.05, 0.1) is 6.20 Å². The van der Waals surface area contributed by atoms with Crippen LogP contribution in [0.3, 0.4) is 0 Å². The van der Waals surface area contributed by atoms with Gasteiger partial charge in [0, 0.05) is 0 Å². The molecule has 0 saturated heterocycles. The molecular weight excluding hydrogens is 342 g/mol. The Kier molecular flexibility index (Phi) is 4.83. The summed E-state index contributed by atoms with van der Waals surface area (Å²) in [6, 6.07) is 9.14. The third kappa shape index (κ3) is 4.25. The Balaban J connectivity index is 1.99. The third-order valence-corrected chi connectivity index (χ3v) is 2.96. The fourth-order valence-corrected chi connectivity index (χ4v) is 1.70. The van der Waals surface area contributed by atoms with Crippen LogP contribution in [-0.2, 0) is 11.3 Å². The van der Waals surface area contributed by atoms with E-state index in [1.165, 1.54) is 0 Å². The molecular formula is C13H10BrN3O4. The maximum absolute atomic E-state index is 11.6. The number of carboxylic acid groups (broad SMARTS) is 1. The number of benzene rings is 1. The van der Waals surface area contributed by atoms with Crippen molar-refractivity contribution in [3.05, 3.63) is 52.4 Å². The minimum atomic E-state index is -1.24. The molecule has 2 aromatic rings. The monoisotopic (exact) mass is 351 g/mol. The lowest BCUT2D eigenvalue weighted by atomic mass is 10.2.